The van der Waals surface area contributed by atoms with E-state index in [4.69, 9.17) is 9.29 Å². The summed E-state index contributed by atoms with van der Waals surface area (Å²) in [6.07, 6.45) is 0. The zero-order chi connectivity index (χ0) is 15.5. The van der Waals surface area contributed by atoms with E-state index in [1.807, 2.05) is 0 Å². The highest BCUT2D eigenvalue weighted by Crippen LogP contribution is 2.29. The fourth-order valence-corrected chi connectivity index (χ4v) is 2.78. The number of carboxylic acids is 1. The minimum atomic E-state index is -3.99. The number of carbonyl (C=O) groups is 1. The van der Waals surface area contributed by atoms with Crippen molar-refractivity contribution < 1.29 is 22.5 Å². The molecule has 0 aliphatic rings. The molecule has 0 heterocycles. The SMILES string of the molecule is C[C@H](C(=O)O)c1ccccc1OS(=O)(=O)c1ccccc1. The van der Waals surface area contributed by atoms with Gasteiger partial charge in [-0.25, -0.2) is 0 Å². The molecule has 0 saturated heterocycles. The second kappa shape index (κ2) is 5.97. The maximum atomic E-state index is 12.2. The smallest absolute Gasteiger partial charge is 0.339 e. The van der Waals surface area contributed by atoms with Gasteiger partial charge in [-0.05, 0) is 25.1 Å². The number of para-hydroxylation sites is 1. The fraction of sp³-hybridized carbons (Fsp3) is 0.133. The molecule has 0 spiro atoms. The molecule has 0 aliphatic heterocycles. The Morgan fingerprint density at radius 3 is 2.24 bits per heavy atom. The normalized spacial score (nSPS) is 12.6. The Hall–Kier alpha value is -2.34. The van der Waals surface area contributed by atoms with Gasteiger partial charge in [0.05, 0.1) is 5.92 Å². The first-order chi connectivity index (χ1) is 9.92. The Kier molecular flexibility index (Phi) is 4.28. The van der Waals surface area contributed by atoms with E-state index in [9.17, 15) is 13.2 Å². The number of rotatable bonds is 5. The van der Waals surface area contributed by atoms with E-state index < -0.39 is 22.0 Å². The zero-order valence-electron chi connectivity index (χ0n) is 11.3. The van der Waals surface area contributed by atoms with Gasteiger partial charge in [0.2, 0.25) is 0 Å². The quantitative estimate of drug-likeness (QED) is 0.859. The lowest BCUT2D eigenvalue weighted by Crippen LogP contribution is -2.14. The number of hydrogen-bond donors (Lipinski definition) is 1. The highest BCUT2D eigenvalue weighted by atomic mass is 32.2. The van der Waals surface area contributed by atoms with E-state index in [1.54, 1.807) is 30.3 Å². The molecule has 2 aromatic carbocycles. The van der Waals surface area contributed by atoms with Gasteiger partial charge in [-0.3, -0.25) is 4.79 Å². The molecule has 0 amide bonds. The summed E-state index contributed by atoms with van der Waals surface area (Å²) in [5.41, 5.74) is 0.310. The first-order valence-corrected chi connectivity index (χ1v) is 7.64. The van der Waals surface area contributed by atoms with Gasteiger partial charge >= 0.3 is 16.1 Å². The monoisotopic (exact) mass is 306 g/mol. The standard InChI is InChI=1S/C15H14O5S/c1-11(15(16)17)13-9-5-6-10-14(13)20-21(18,19)12-7-3-2-4-8-12/h2-11H,1H3,(H,16,17)/t11-/m0/s1. The summed E-state index contributed by atoms with van der Waals surface area (Å²) in [7, 11) is -3.99. The first kappa shape index (κ1) is 15.1. The van der Waals surface area contributed by atoms with Gasteiger partial charge in [0.15, 0.2) is 0 Å². The molecule has 21 heavy (non-hydrogen) atoms. The van der Waals surface area contributed by atoms with Crippen LogP contribution in [0.5, 0.6) is 5.75 Å². The van der Waals surface area contributed by atoms with Crippen molar-refractivity contribution in [1.82, 2.24) is 0 Å². The summed E-state index contributed by atoms with van der Waals surface area (Å²) in [4.78, 5) is 11.1. The van der Waals surface area contributed by atoms with Crippen molar-refractivity contribution >= 4 is 16.1 Å². The van der Waals surface area contributed by atoms with Crippen LogP contribution in [0.25, 0.3) is 0 Å². The van der Waals surface area contributed by atoms with Gasteiger partial charge in [0, 0.05) is 5.56 Å². The van der Waals surface area contributed by atoms with Crippen LogP contribution in [-0.4, -0.2) is 19.5 Å². The second-order valence-corrected chi connectivity index (χ2v) is 5.99. The van der Waals surface area contributed by atoms with E-state index in [0.717, 1.165) is 0 Å². The molecule has 5 nitrogen and oxygen atoms in total. The summed E-state index contributed by atoms with van der Waals surface area (Å²) in [6, 6.07) is 13.9. The van der Waals surface area contributed by atoms with Gasteiger partial charge in [-0.15, -0.1) is 0 Å². The molecular formula is C15H14O5S. The molecule has 110 valence electrons. The second-order valence-electron chi connectivity index (χ2n) is 4.45. The van der Waals surface area contributed by atoms with Crippen LogP contribution >= 0.6 is 0 Å². The Morgan fingerprint density at radius 2 is 1.62 bits per heavy atom. The van der Waals surface area contributed by atoms with Crippen molar-refractivity contribution in [3.8, 4) is 5.75 Å². The molecule has 0 aliphatic carbocycles. The van der Waals surface area contributed by atoms with Gasteiger partial charge in [0.1, 0.15) is 10.6 Å². The zero-order valence-corrected chi connectivity index (χ0v) is 12.1. The van der Waals surface area contributed by atoms with Crippen LogP contribution in [0.4, 0.5) is 0 Å². The third kappa shape index (κ3) is 3.41. The molecule has 2 aromatic rings. The van der Waals surface area contributed by atoms with Crippen LogP contribution in [0, 0.1) is 0 Å². The van der Waals surface area contributed by atoms with E-state index in [2.05, 4.69) is 0 Å². The molecule has 0 radical (unpaired) electrons. The summed E-state index contributed by atoms with van der Waals surface area (Å²) in [5, 5.41) is 9.07. The van der Waals surface area contributed by atoms with E-state index in [-0.39, 0.29) is 10.6 Å². The first-order valence-electron chi connectivity index (χ1n) is 6.23. The summed E-state index contributed by atoms with van der Waals surface area (Å²) in [6.45, 7) is 1.47. The fourth-order valence-electron chi connectivity index (χ4n) is 1.80. The predicted molar refractivity (Wildman–Crippen MR) is 76.7 cm³/mol. The molecule has 0 aromatic heterocycles. The average Bonchev–Trinajstić information content (AvgIpc) is 2.47. The van der Waals surface area contributed by atoms with E-state index >= 15 is 0 Å². The van der Waals surface area contributed by atoms with Gasteiger partial charge in [0.25, 0.3) is 0 Å². The van der Waals surface area contributed by atoms with Crippen LogP contribution in [-0.2, 0) is 14.9 Å². The number of aliphatic carboxylic acids is 1. The number of carboxylic acid groups (broad SMARTS) is 1. The van der Waals surface area contributed by atoms with Crippen molar-refractivity contribution in [3.05, 3.63) is 60.2 Å². The summed E-state index contributed by atoms with van der Waals surface area (Å²) in [5.74, 6) is -1.90. The minimum absolute atomic E-state index is 0.0165. The van der Waals surface area contributed by atoms with Crippen molar-refractivity contribution in [3.63, 3.8) is 0 Å². The van der Waals surface area contributed by atoms with Crippen LogP contribution in [0.1, 0.15) is 18.4 Å². The van der Waals surface area contributed by atoms with Crippen LogP contribution in [0.3, 0.4) is 0 Å². The lowest BCUT2D eigenvalue weighted by atomic mass is 10.0. The summed E-state index contributed by atoms with van der Waals surface area (Å²) < 4.78 is 29.5. The topological polar surface area (TPSA) is 80.7 Å². The molecule has 6 heteroatoms. The molecule has 1 N–H and O–H groups in total. The van der Waals surface area contributed by atoms with Crippen molar-refractivity contribution in [2.45, 2.75) is 17.7 Å². The van der Waals surface area contributed by atoms with Gasteiger partial charge in [-0.1, -0.05) is 36.4 Å². The number of benzene rings is 2. The summed E-state index contributed by atoms with van der Waals surface area (Å²) >= 11 is 0. The molecule has 0 saturated carbocycles. The lowest BCUT2D eigenvalue weighted by molar-refractivity contribution is -0.138. The van der Waals surface area contributed by atoms with E-state index in [0.29, 0.717) is 5.56 Å². The minimum Gasteiger partial charge on any atom is -0.481 e. The maximum Gasteiger partial charge on any atom is 0.339 e. The Bertz CT molecular complexity index is 738. The maximum absolute atomic E-state index is 12.2. The van der Waals surface area contributed by atoms with Crippen LogP contribution < -0.4 is 4.18 Å². The molecule has 0 bridgehead atoms. The van der Waals surface area contributed by atoms with Crippen LogP contribution in [0.15, 0.2) is 59.5 Å². The highest BCUT2D eigenvalue weighted by Gasteiger charge is 2.22. The van der Waals surface area contributed by atoms with Gasteiger partial charge in [-0.2, -0.15) is 8.42 Å². The Labute approximate surface area is 122 Å². The van der Waals surface area contributed by atoms with Crippen LogP contribution in [0.2, 0.25) is 0 Å². The molecule has 0 unspecified atom stereocenters. The largest absolute Gasteiger partial charge is 0.481 e. The number of hydrogen-bond acceptors (Lipinski definition) is 4. The van der Waals surface area contributed by atoms with Gasteiger partial charge < -0.3 is 9.29 Å². The molecule has 1 atom stereocenters. The Balaban J connectivity index is 2.39. The average molecular weight is 306 g/mol. The Morgan fingerprint density at radius 1 is 1.05 bits per heavy atom. The highest BCUT2D eigenvalue weighted by molar-refractivity contribution is 7.87. The van der Waals surface area contributed by atoms with Crippen molar-refractivity contribution in [2.75, 3.05) is 0 Å². The molecule has 0 fully saturated rings. The third-order valence-electron chi connectivity index (χ3n) is 2.99. The van der Waals surface area contributed by atoms with E-state index in [1.165, 1.54) is 31.2 Å². The van der Waals surface area contributed by atoms with Crippen molar-refractivity contribution in [1.29, 1.82) is 0 Å². The molecule has 2 rings (SSSR count). The molecular weight excluding hydrogens is 292 g/mol. The predicted octanol–water partition coefficient (Wildman–Crippen LogP) is 2.64. The third-order valence-corrected chi connectivity index (χ3v) is 4.24. The van der Waals surface area contributed by atoms with Crippen molar-refractivity contribution in [2.24, 2.45) is 0 Å². The lowest BCUT2D eigenvalue weighted by Gasteiger charge is -2.13.